The number of rotatable bonds is 8. The van der Waals surface area contributed by atoms with Gasteiger partial charge in [-0.3, -0.25) is 4.98 Å². The van der Waals surface area contributed by atoms with Gasteiger partial charge in [-0.15, -0.1) is 0 Å². The Hall–Kier alpha value is -3.65. The molecule has 9 heteroatoms. The van der Waals surface area contributed by atoms with Gasteiger partial charge in [-0.05, 0) is 43.3 Å². The Morgan fingerprint density at radius 1 is 1.10 bits per heavy atom. The van der Waals surface area contributed by atoms with Crippen molar-refractivity contribution >= 4 is 35.1 Å². The summed E-state index contributed by atoms with van der Waals surface area (Å²) in [4.78, 5) is 40.5. The summed E-state index contributed by atoms with van der Waals surface area (Å²) in [7, 11) is 1.16. The zero-order valence-electron chi connectivity index (χ0n) is 16.3. The predicted octanol–water partition coefficient (Wildman–Crippen LogP) is 3.10. The van der Waals surface area contributed by atoms with E-state index in [2.05, 4.69) is 15.0 Å². The summed E-state index contributed by atoms with van der Waals surface area (Å²) in [5.41, 5.74) is 0.399. The van der Waals surface area contributed by atoms with Gasteiger partial charge >= 0.3 is 17.9 Å². The van der Waals surface area contributed by atoms with Crippen molar-refractivity contribution in [3.8, 4) is 0 Å². The highest BCUT2D eigenvalue weighted by molar-refractivity contribution is 6.30. The highest BCUT2D eigenvalue weighted by Gasteiger charge is 2.17. The van der Waals surface area contributed by atoms with Crippen LogP contribution in [0.3, 0.4) is 0 Å². The molecule has 0 atom stereocenters. The molecule has 8 nitrogen and oxygen atoms in total. The van der Waals surface area contributed by atoms with Crippen LogP contribution in [0.25, 0.3) is 5.57 Å². The Balaban J connectivity index is 2.25. The van der Waals surface area contributed by atoms with Crippen LogP contribution in [0, 0.1) is 0 Å². The molecule has 0 aliphatic heterocycles. The van der Waals surface area contributed by atoms with Gasteiger partial charge in [0.2, 0.25) is 0 Å². The largest absolute Gasteiger partial charge is 0.464 e. The zero-order chi connectivity index (χ0) is 21.9. The number of benzene rings is 1. The topological polar surface area (TPSA) is 104 Å². The first-order valence-electron chi connectivity index (χ1n) is 8.76. The van der Waals surface area contributed by atoms with Crippen molar-refractivity contribution in [1.82, 2.24) is 10.3 Å². The van der Waals surface area contributed by atoms with Crippen LogP contribution in [0.2, 0.25) is 5.02 Å². The van der Waals surface area contributed by atoms with Gasteiger partial charge in [0.1, 0.15) is 11.8 Å². The molecule has 0 saturated heterocycles. The van der Waals surface area contributed by atoms with Gasteiger partial charge in [-0.1, -0.05) is 17.7 Å². The number of pyridine rings is 1. The number of nitrogens with one attached hydrogen (secondary N) is 1. The Morgan fingerprint density at radius 2 is 1.83 bits per heavy atom. The van der Waals surface area contributed by atoms with Gasteiger partial charge in [0.05, 0.1) is 25.0 Å². The smallest absolute Gasteiger partial charge is 0.357 e. The lowest BCUT2D eigenvalue weighted by Gasteiger charge is -2.09. The summed E-state index contributed by atoms with van der Waals surface area (Å²) in [6.07, 6.45) is 3.62. The Morgan fingerprint density at radius 3 is 2.43 bits per heavy atom. The van der Waals surface area contributed by atoms with E-state index in [9.17, 15) is 14.4 Å². The molecule has 1 aromatic heterocycles. The molecule has 0 radical (unpaired) electrons. The predicted molar refractivity (Wildman–Crippen MR) is 109 cm³/mol. The average Bonchev–Trinajstić information content (AvgIpc) is 2.76. The number of ether oxygens (including phenoxy) is 3. The molecule has 1 aromatic carbocycles. The number of hydrogen-bond donors (Lipinski definition) is 1. The number of carbonyl (C=O) groups excluding carboxylic acids is 3. The Kier molecular flexibility index (Phi) is 8.58. The number of hydrogen-bond acceptors (Lipinski definition) is 8. The molecule has 2 rings (SSSR count). The number of halogens is 1. The first-order chi connectivity index (χ1) is 14.5. The summed E-state index contributed by atoms with van der Waals surface area (Å²) < 4.78 is 14.7. The molecule has 0 spiro atoms. The summed E-state index contributed by atoms with van der Waals surface area (Å²) in [5.74, 6) is -2.18. The second kappa shape index (κ2) is 11.4. The van der Waals surface area contributed by atoms with E-state index in [-0.39, 0.29) is 23.4 Å². The molecule has 156 valence electrons. The first-order valence-corrected chi connectivity index (χ1v) is 9.14. The molecular weight excluding hydrogens is 412 g/mol. The highest BCUT2D eigenvalue weighted by Crippen LogP contribution is 2.14. The molecule has 30 heavy (non-hydrogen) atoms. The minimum Gasteiger partial charge on any atom is -0.464 e. The maximum absolute atomic E-state index is 12.3. The molecule has 1 N–H and O–H groups in total. The van der Waals surface area contributed by atoms with Crippen LogP contribution < -0.4 is 5.32 Å². The van der Waals surface area contributed by atoms with Crippen LogP contribution in [-0.2, 0) is 23.8 Å². The maximum atomic E-state index is 12.3. The third-order valence-electron chi connectivity index (χ3n) is 3.58. The molecule has 0 unspecified atom stereocenters. The van der Waals surface area contributed by atoms with Crippen LogP contribution >= 0.6 is 11.6 Å². The second-order valence-electron chi connectivity index (χ2n) is 5.57. The molecule has 0 fully saturated rings. The molecule has 1 heterocycles. The highest BCUT2D eigenvalue weighted by atomic mass is 35.5. The lowest BCUT2D eigenvalue weighted by Crippen LogP contribution is -2.20. The van der Waals surface area contributed by atoms with Gasteiger partial charge in [-0.2, -0.15) is 0 Å². The number of carbonyl (C=O) groups is 3. The van der Waals surface area contributed by atoms with E-state index in [4.69, 9.17) is 21.1 Å². The molecule has 2 aromatic rings. The standard InChI is InChI=1S/C21H19ClN2O6/c1-3-29-20(26)16(17-6-4-5-11-23-17)12-24-18(21(27)28-2)13-30-19(25)14-7-9-15(22)10-8-14/h4-13,24H,3H2,1-2H3/b16-12-,18-13-. The van der Waals surface area contributed by atoms with Gasteiger partial charge in [0.25, 0.3) is 0 Å². The maximum Gasteiger partial charge on any atom is 0.357 e. The third kappa shape index (κ3) is 6.46. The van der Waals surface area contributed by atoms with Crippen molar-refractivity contribution in [1.29, 1.82) is 0 Å². The SMILES string of the molecule is CCOC(=O)/C(=C\N/C(=C\OC(=O)c1ccc(Cl)cc1)C(=O)OC)c1ccccn1. The summed E-state index contributed by atoms with van der Waals surface area (Å²) in [5, 5.41) is 3.07. The number of methoxy groups -OCH3 is 1. The zero-order valence-corrected chi connectivity index (χ0v) is 17.0. The lowest BCUT2D eigenvalue weighted by molar-refractivity contribution is -0.137. The summed E-state index contributed by atoms with van der Waals surface area (Å²) in [6, 6.07) is 11.0. The van der Waals surface area contributed by atoms with E-state index in [0.29, 0.717) is 10.7 Å². The van der Waals surface area contributed by atoms with E-state index in [1.54, 1.807) is 25.1 Å². The Labute approximate surface area is 178 Å². The van der Waals surface area contributed by atoms with E-state index in [1.807, 2.05) is 0 Å². The van der Waals surface area contributed by atoms with Crippen LogP contribution in [0.1, 0.15) is 23.0 Å². The van der Waals surface area contributed by atoms with E-state index in [0.717, 1.165) is 13.4 Å². The normalized spacial score (nSPS) is 11.4. The number of nitrogens with zero attached hydrogens (tertiary/aromatic N) is 1. The van der Waals surface area contributed by atoms with Crippen molar-refractivity contribution in [2.75, 3.05) is 13.7 Å². The molecule has 0 aliphatic rings. The second-order valence-corrected chi connectivity index (χ2v) is 6.01. The minimum absolute atomic E-state index is 0.0660. The summed E-state index contributed by atoms with van der Waals surface area (Å²) >= 11 is 5.79. The molecular formula is C21H19ClN2O6. The van der Waals surface area contributed by atoms with E-state index < -0.39 is 17.9 Å². The van der Waals surface area contributed by atoms with Gasteiger partial charge < -0.3 is 19.5 Å². The van der Waals surface area contributed by atoms with Crippen molar-refractivity contribution in [3.63, 3.8) is 0 Å². The monoisotopic (exact) mass is 430 g/mol. The van der Waals surface area contributed by atoms with Gasteiger partial charge in [0, 0.05) is 17.4 Å². The van der Waals surface area contributed by atoms with Crippen molar-refractivity contribution in [2.24, 2.45) is 0 Å². The number of aromatic nitrogens is 1. The Bertz CT molecular complexity index is 955. The van der Waals surface area contributed by atoms with Crippen LogP contribution in [0.15, 0.2) is 66.8 Å². The lowest BCUT2D eigenvalue weighted by atomic mass is 10.2. The quantitative estimate of drug-likeness (QED) is 0.295. The third-order valence-corrected chi connectivity index (χ3v) is 3.83. The van der Waals surface area contributed by atoms with Gasteiger partial charge in [-0.25, -0.2) is 14.4 Å². The van der Waals surface area contributed by atoms with Crippen molar-refractivity contribution in [2.45, 2.75) is 6.92 Å². The minimum atomic E-state index is -0.820. The molecule has 0 saturated carbocycles. The van der Waals surface area contributed by atoms with Crippen LogP contribution in [0.5, 0.6) is 0 Å². The van der Waals surface area contributed by atoms with E-state index in [1.165, 1.54) is 36.7 Å². The molecule has 0 amide bonds. The summed E-state index contributed by atoms with van der Waals surface area (Å²) in [6.45, 7) is 1.82. The fourth-order valence-corrected chi connectivity index (χ4v) is 2.26. The fourth-order valence-electron chi connectivity index (χ4n) is 2.14. The van der Waals surface area contributed by atoms with Gasteiger partial charge in [0.15, 0.2) is 5.70 Å². The molecule has 0 aliphatic carbocycles. The fraction of sp³-hybridized carbons (Fsp3) is 0.143. The van der Waals surface area contributed by atoms with Crippen LogP contribution in [0.4, 0.5) is 0 Å². The number of esters is 3. The average molecular weight is 431 g/mol. The van der Waals surface area contributed by atoms with Crippen molar-refractivity contribution in [3.05, 3.63) is 83.1 Å². The van der Waals surface area contributed by atoms with Crippen LogP contribution in [-0.4, -0.2) is 36.6 Å². The van der Waals surface area contributed by atoms with Crippen molar-refractivity contribution < 1.29 is 28.6 Å². The molecule has 0 bridgehead atoms. The van der Waals surface area contributed by atoms with E-state index >= 15 is 0 Å². The first kappa shape index (κ1) is 22.6.